The minimum Gasteiger partial charge on any atom is -0.342 e. The minimum atomic E-state index is -0.387. The third kappa shape index (κ3) is 4.13. The van der Waals surface area contributed by atoms with Crippen LogP contribution in [0.15, 0.2) is 48.5 Å². The van der Waals surface area contributed by atoms with Gasteiger partial charge in [-0.3, -0.25) is 10.1 Å². The molecule has 2 rings (SSSR count). The summed E-state index contributed by atoms with van der Waals surface area (Å²) in [5.74, 6) is -0.227. The highest BCUT2D eigenvalue weighted by Crippen LogP contribution is 2.11. The maximum atomic E-state index is 12.7. The minimum absolute atomic E-state index is 0.120. The van der Waals surface area contributed by atoms with E-state index in [1.54, 1.807) is 24.3 Å². The number of nitrogens with zero attached hydrogens (tertiary/aromatic N) is 1. The average Bonchev–Trinajstić information content (AvgIpc) is 2.46. The molecule has 4 nitrogen and oxygen atoms in total. The lowest BCUT2D eigenvalue weighted by molar-refractivity contribution is -0.670. The van der Waals surface area contributed by atoms with Crippen LogP contribution in [0.1, 0.15) is 11.1 Å². The monoisotopic (exact) mass is 275 g/mol. The van der Waals surface area contributed by atoms with Crippen LogP contribution in [0, 0.1) is 15.9 Å². The summed E-state index contributed by atoms with van der Waals surface area (Å²) >= 11 is 0. The van der Waals surface area contributed by atoms with Gasteiger partial charge in [0.05, 0.1) is 11.5 Å². The summed E-state index contributed by atoms with van der Waals surface area (Å²) in [6.07, 6.45) is 0.842. The molecule has 0 aliphatic heterocycles. The molecule has 5 heteroatoms. The van der Waals surface area contributed by atoms with Crippen molar-refractivity contribution in [2.75, 3.05) is 6.54 Å². The molecule has 0 spiro atoms. The fraction of sp³-hybridized carbons (Fsp3) is 0.200. The van der Waals surface area contributed by atoms with Crippen molar-refractivity contribution in [2.45, 2.75) is 13.0 Å². The van der Waals surface area contributed by atoms with E-state index in [-0.39, 0.29) is 16.4 Å². The molecule has 0 aliphatic rings. The van der Waals surface area contributed by atoms with Gasteiger partial charge in [-0.1, -0.05) is 24.3 Å². The van der Waals surface area contributed by atoms with Crippen molar-refractivity contribution >= 4 is 5.69 Å². The molecule has 0 atom stereocenters. The maximum absolute atomic E-state index is 12.7. The first-order valence-corrected chi connectivity index (χ1v) is 6.44. The van der Waals surface area contributed by atoms with Crippen LogP contribution in [-0.2, 0) is 13.0 Å². The van der Waals surface area contributed by atoms with E-state index < -0.39 is 0 Å². The fourth-order valence-corrected chi connectivity index (χ4v) is 1.99. The predicted molar refractivity (Wildman–Crippen MR) is 73.7 cm³/mol. The van der Waals surface area contributed by atoms with E-state index in [1.165, 1.54) is 18.2 Å². The van der Waals surface area contributed by atoms with E-state index in [9.17, 15) is 14.5 Å². The van der Waals surface area contributed by atoms with Gasteiger partial charge in [0.25, 0.3) is 5.69 Å². The molecule has 2 N–H and O–H groups in total. The second kappa shape index (κ2) is 6.77. The number of rotatable bonds is 6. The fourth-order valence-electron chi connectivity index (χ4n) is 1.99. The number of benzene rings is 2. The Hall–Kier alpha value is -2.27. The van der Waals surface area contributed by atoms with Gasteiger partial charge in [-0.2, -0.15) is 0 Å². The lowest BCUT2D eigenvalue weighted by Gasteiger charge is -2.03. The SMILES string of the molecule is O=[N+]([O-])c1cccc(C[NH2+]CCc2ccc(F)cc2)c1. The zero-order chi connectivity index (χ0) is 14.4. The third-order valence-corrected chi connectivity index (χ3v) is 3.05. The van der Waals surface area contributed by atoms with Gasteiger partial charge in [-0.05, 0) is 17.7 Å². The van der Waals surface area contributed by atoms with Crippen molar-refractivity contribution in [3.8, 4) is 0 Å². The highest BCUT2D eigenvalue weighted by Gasteiger charge is 2.06. The average molecular weight is 275 g/mol. The number of hydrogen-bond acceptors (Lipinski definition) is 2. The summed E-state index contributed by atoms with van der Waals surface area (Å²) in [6, 6.07) is 13.1. The summed E-state index contributed by atoms with van der Waals surface area (Å²) in [5.41, 5.74) is 2.13. The van der Waals surface area contributed by atoms with Crippen molar-refractivity contribution < 1.29 is 14.6 Å². The highest BCUT2D eigenvalue weighted by molar-refractivity contribution is 5.33. The first-order valence-electron chi connectivity index (χ1n) is 6.44. The Kier molecular flexibility index (Phi) is 4.79. The standard InChI is InChI=1S/C15H15FN2O2/c16-14-6-4-12(5-7-14)8-9-17-11-13-2-1-3-15(10-13)18(19)20/h1-7,10,17H,8-9,11H2/p+1. The molecule has 2 aromatic rings. The number of non-ortho nitro benzene ring substituents is 1. The van der Waals surface area contributed by atoms with E-state index >= 15 is 0 Å². The Morgan fingerprint density at radius 1 is 1.10 bits per heavy atom. The lowest BCUT2D eigenvalue weighted by atomic mass is 10.1. The summed E-state index contributed by atoms with van der Waals surface area (Å²) in [6.45, 7) is 1.55. The van der Waals surface area contributed by atoms with E-state index in [1.807, 2.05) is 6.07 Å². The van der Waals surface area contributed by atoms with Gasteiger partial charge in [0.15, 0.2) is 0 Å². The largest absolute Gasteiger partial charge is 0.342 e. The zero-order valence-electron chi connectivity index (χ0n) is 11.0. The van der Waals surface area contributed by atoms with Crippen LogP contribution in [0.3, 0.4) is 0 Å². The highest BCUT2D eigenvalue weighted by atomic mass is 19.1. The third-order valence-electron chi connectivity index (χ3n) is 3.05. The van der Waals surface area contributed by atoms with Crippen LogP contribution >= 0.6 is 0 Å². The lowest BCUT2D eigenvalue weighted by Crippen LogP contribution is -2.83. The van der Waals surface area contributed by atoms with Crippen molar-refractivity contribution in [3.63, 3.8) is 0 Å². The predicted octanol–water partition coefficient (Wildman–Crippen LogP) is 2.04. The Labute approximate surface area is 116 Å². The number of nitro groups is 1. The molecule has 0 unspecified atom stereocenters. The van der Waals surface area contributed by atoms with Gasteiger partial charge in [0, 0.05) is 24.1 Å². The van der Waals surface area contributed by atoms with Gasteiger partial charge >= 0.3 is 0 Å². The quantitative estimate of drug-likeness (QED) is 0.498. The number of halogens is 1. The van der Waals surface area contributed by atoms with Gasteiger partial charge < -0.3 is 5.32 Å². The summed E-state index contributed by atoms with van der Waals surface area (Å²) in [5, 5.41) is 12.7. The van der Waals surface area contributed by atoms with Gasteiger partial charge in [-0.25, -0.2) is 4.39 Å². The molecule has 20 heavy (non-hydrogen) atoms. The molecular weight excluding hydrogens is 259 g/mol. The summed E-state index contributed by atoms with van der Waals surface area (Å²) in [7, 11) is 0. The second-order valence-corrected chi connectivity index (χ2v) is 4.58. The molecule has 0 saturated carbocycles. The van der Waals surface area contributed by atoms with E-state index in [2.05, 4.69) is 5.32 Å². The first-order chi connectivity index (χ1) is 9.65. The van der Waals surface area contributed by atoms with Gasteiger partial charge in [-0.15, -0.1) is 0 Å². The maximum Gasteiger partial charge on any atom is 0.269 e. The van der Waals surface area contributed by atoms with E-state index in [4.69, 9.17) is 0 Å². The molecule has 0 fully saturated rings. The van der Waals surface area contributed by atoms with Crippen LogP contribution in [0.25, 0.3) is 0 Å². The van der Waals surface area contributed by atoms with Crippen LogP contribution in [0.5, 0.6) is 0 Å². The molecule has 0 radical (unpaired) electrons. The van der Waals surface area contributed by atoms with Crippen molar-refractivity contribution in [3.05, 3.63) is 75.6 Å². The molecule has 0 bridgehead atoms. The molecule has 104 valence electrons. The molecule has 2 aromatic carbocycles. The van der Waals surface area contributed by atoms with Gasteiger partial charge in [0.1, 0.15) is 12.4 Å². The van der Waals surface area contributed by atoms with E-state index in [0.717, 1.165) is 24.1 Å². The number of hydrogen-bond donors (Lipinski definition) is 1. The van der Waals surface area contributed by atoms with E-state index in [0.29, 0.717) is 6.54 Å². The Morgan fingerprint density at radius 3 is 2.55 bits per heavy atom. The van der Waals surface area contributed by atoms with Crippen LogP contribution < -0.4 is 5.32 Å². The number of quaternary nitrogens is 1. The topological polar surface area (TPSA) is 59.8 Å². The molecule has 0 heterocycles. The van der Waals surface area contributed by atoms with Crippen LogP contribution in [0.4, 0.5) is 10.1 Å². The molecular formula is C15H16FN2O2+. The Balaban J connectivity index is 1.79. The molecule has 0 amide bonds. The Morgan fingerprint density at radius 2 is 1.85 bits per heavy atom. The second-order valence-electron chi connectivity index (χ2n) is 4.58. The van der Waals surface area contributed by atoms with Crippen molar-refractivity contribution in [1.82, 2.24) is 0 Å². The van der Waals surface area contributed by atoms with Gasteiger partial charge in [0.2, 0.25) is 0 Å². The molecule has 0 saturated heterocycles. The number of nitrogens with two attached hydrogens (primary N) is 1. The smallest absolute Gasteiger partial charge is 0.269 e. The normalized spacial score (nSPS) is 10.4. The summed E-state index contributed by atoms with van der Waals surface area (Å²) in [4.78, 5) is 10.3. The van der Waals surface area contributed by atoms with Crippen LogP contribution in [0.2, 0.25) is 0 Å². The zero-order valence-corrected chi connectivity index (χ0v) is 11.0. The Bertz CT molecular complexity index is 585. The summed E-state index contributed by atoms with van der Waals surface area (Å²) < 4.78 is 12.7. The van der Waals surface area contributed by atoms with Crippen molar-refractivity contribution in [1.29, 1.82) is 0 Å². The van der Waals surface area contributed by atoms with Crippen molar-refractivity contribution in [2.24, 2.45) is 0 Å². The molecule has 0 aromatic heterocycles. The molecule has 0 aliphatic carbocycles. The first kappa shape index (κ1) is 14.1. The number of nitro benzene ring substituents is 1. The van der Waals surface area contributed by atoms with Crippen LogP contribution in [-0.4, -0.2) is 11.5 Å².